The summed E-state index contributed by atoms with van der Waals surface area (Å²) in [6.07, 6.45) is 2.79. The highest BCUT2D eigenvalue weighted by molar-refractivity contribution is 7.13. The summed E-state index contributed by atoms with van der Waals surface area (Å²) in [4.78, 5) is 22.5. The van der Waals surface area contributed by atoms with Gasteiger partial charge in [-0.1, -0.05) is 17.4 Å². The third kappa shape index (κ3) is 2.80. The quantitative estimate of drug-likeness (QED) is 0.516. The van der Waals surface area contributed by atoms with E-state index >= 15 is 0 Å². The van der Waals surface area contributed by atoms with E-state index in [1.165, 1.54) is 11.4 Å². The van der Waals surface area contributed by atoms with E-state index in [-0.39, 0.29) is 17.0 Å². The van der Waals surface area contributed by atoms with Crippen molar-refractivity contribution < 1.29 is 9.72 Å². The zero-order valence-corrected chi connectivity index (χ0v) is 12.6. The summed E-state index contributed by atoms with van der Waals surface area (Å²) in [7, 11) is 0. The fourth-order valence-corrected chi connectivity index (χ4v) is 3.47. The molecule has 7 heteroatoms. The number of anilines is 1. The van der Waals surface area contributed by atoms with Crippen molar-refractivity contribution in [2.45, 2.75) is 25.3 Å². The van der Waals surface area contributed by atoms with Gasteiger partial charge in [0, 0.05) is 17.1 Å². The molecular formula is C15H15N3O3S. The Hall–Kier alpha value is -2.41. The van der Waals surface area contributed by atoms with Gasteiger partial charge in [0.15, 0.2) is 0 Å². The van der Waals surface area contributed by atoms with Crippen molar-refractivity contribution in [2.75, 3.05) is 5.73 Å². The predicted molar refractivity (Wildman–Crippen MR) is 85.0 cm³/mol. The predicted octanol–water partition coefficient (Wildman–Crippen LogP) is 3.05. The third-order valence-electron chi connectivity index (χ3n) is 3.81. The Kier molecular flexibility index (Phi) is 3.81. The summed E-state index contributed by atoms with van der Waals surface area (Å²) in [5, 5.41) is 15.2. The number of nitrogens with two attached hydrogens (primary N) is 1. The van der Waals surface area contributed by atoms with Gasteiger partial charge in [0.2, 0.25) is 0 Å². The molecule has 1 amide bonds. The Morgan fingerprint density at radius 2 is 2.23 bits per heavy atom. The van der Waals surface area contributed by atoms with E-state index in [1.807, 2.05) is 18.2 Å². The number of benzene rings is 1. The molecule has 2 aromatic rings. The first-order valence-electron chi connectivity index (χ1n) is 6.96. The van der Waals surface area contributed by atoms with Gasteiger partial charge in [-0.3, -0.25) is 14.9 Å². The number of carbonyl (C=O) groups excluding carboxylic acids is 1. The van der Waals surface area contributed by atoms with Gasteiger partial charge < -0.3 is 11.1 Å². The number of thiophene rings is 1. The van der Waals surface area contributed by atoms with Crippen molar-refractivity contribution in [2.24, 2.45) is 0 Å². The molecule has 6 nitrogen and oxygen atoms in total. The number of fused-ring (bicyclic) bond motifs is 1. The minimum atomic E-state index is -0.486. The molecule has 3 rings (SSSR count). The lowest BCUT2D eigenvalue weighted by Crippen LogP contribution is -2.30. The maximum Gasteiger partial charge on any atom is 0.324 e. The summed E-state index contributed by atoms with van der Waals surface area (Å²) in [5.74, 6) is -0.279. The molecule has 1 aromatic heterocycles. The van der Waals surface area contributed by atoms with Crippen molar-refractivity contribution in [3.8, 4) is 0 Å². The van der Waals surface area contributed by atoms with E-state index < -0.39 is 4.92 Å². The van der Waals surface area contributed by atoms with Crippen molar-refractivity contribution in [1.82, 2.24) is 5.32 Å². The maximum atomic E-state index is 12.3. The molecule has 1 atom stereocenters. The number of aryl methyl sites for hydroxylation is 1. The van der Waals surface area contributed by atoms with E-state index in [1.54, 1.807) is 0 Å². The number of hydrogen-bond donors (Lipinski definition) is 2. The van der Waals surface area contributed by atoms with Crippen LogP contribution in [0.25, 0.3) is 0 Å². The largest absolute Gasteiger partial charge is 0.399 e. The molecule has 1 unspecified atom stereocenters. The summed E-state index contributed by atoms with van der Waals surface area (Å²) >= 11 is 0.959. The second-order valence-electron chi connectivity index (χ2n) is 5.31. The number of nitro groups is 1. The van der Waals surface area contributed by atoms with E-state index in [0.29, 0.717) is 5.56 Å². The van der Waals surface area contributed by atoms with E-state index in [0.717, 1.165) is 47.4 Å². The van der Waals surface area contributed by atoms with Gasteiger partial charge in [-0.25, -0.2) is 0 Å². The van der Waals surface area contributed by atoms with Crippen LogP contribution >= 0.6 is 11.3 Å². The van der Waals surface area contributed by atoms with Crippen LogP contribution in [0, 0.1) is 10.1 Å². The normalized spacial score (nSPS) is 16.8. The minimum Gasteiger partial charge on any atom is -0.399 e. The second-order valence-corrected chi connectivity index (χ2v) is 6.20. The van der Waals surface area contributed by atoms with Gasteiger partial charge in [0.05, 0.1) is 16.5 Å². The molecule has 0 radical (unpaired) electrons. The monoisotopic (exact) mass is 317 g/mol. The molecular weight excluding hydrogens is 302 g/mol. The molecule has 1 aromatic carbocycles. The number of carbonyl (C=O) groups is 1. The zero-order valence-electron chi connectivity index (χ0n) is 11.7. The van der Waals surface area contributed by atoms with Crippen LogP contribution in [0.3, 0.4) is 0 Å². The summed E-state index contributed by atoms with van der Waals surface area (Å²) in [5.41, 5.74) is 9.10. The topological polar surface area (TPSA) is 98.3 Å². The van der Waals surface area contributed by atoms with Gasteiger partial charge in [-0.2, -0.15) is 0 Å². The van der Waals surface area contributed by atoms with Crippen LogP contribution < -0.4 is 11.1 Å². The lowest BCUT2D eigenvalue weighted by atomic mass is 9.87. The maximum absolute atomic E-state index is 12.3. The minimum absolute atomic E-state index is 0.0260. The second kappa shape index (κ2) is 5.76. The Balaban J connectivity index is 1.79. The van der Waals surface area contributed by atoms with E-state index in [9.17, 15) is 14.9 Å². The lowest BCUT2D eigenvalue weighted by molar-refractivity contribution is -0.380. The number of nitrogens with zero attached hydrogens (tertiary/aromatic N) is 1. The van der Waals surface area contributed by atoms with Crippen molar-refractivity contribution in [1.29, 1.82) is 0 Å². The fourth-order valence-electron chi connectivity index (χ4n) is 2.77. The molecule has 0 saturated heterocycles. The highest BCUT2D eigenvalue weighted by Gasteiger charge is 2.23. The van der Waals surface area contributed by atoms with Crippen LogP contribution in [-0.4, -0.2) is 10.8 Å². The van der Waals surface area contributed by atoms with Gasteiger partial charge >= 0.3 is 5.00 Å². The Morgan fingerprint density at radius 1 is 1.41 bits per heavy atom. The highest BCUT2D eigenvalue weighted by Crippen LogP contribution is 2.31. The average molecular weight is 317 g/mol. The molecule has 0 saturated carbocycles. The first-order chi connectivity index (χ1) is 10.5. The number of amides is 1. The van der Waals surface area contributed by atoms with Crippen LogP contribution in [0.2, 0.25) is 0 Å². The molecule has 0 bridgehead atoms. The van der Waals surface area contributed by atoms with Gasteiger partial charge in [-0.15, -0.1) is 0 Å². The number of nitrogens with one attached hydrogen (secondary N) is 1. The summed E-state index contributed by atoms with van der Waals surface area (Å²) < 4.78 is 0. The summed E-state index contributed by atoms with van der Waals surface area (Å²) in [6, 6.07) is 6.97. The van der Waals surface area contributed by atoms with Crippen LogP contribution in [0.1, 0.15) is 40.4 Å². The van der Waals surface area contributed by atoms with Gasteiger partial charge in [0.1, 0.15) is 0 Å². The van der Waals surface area contributed by atoms with Gasteiger partial charge in [-0.05, 0) is 42.5 Å². The van der Waals surface area contributed by atoms with E-state index in [4.69, 9.17) is 5.73 Å². The average Bonchev–Trinajstić information content (AvgIpc) is 2.97. The highest BCUT2D eigenvalue weighted by atomic mass is 32.1. The van der Waals surface area contributed by atoms with Crippen molar-refractivity contribution >= 4 is 27.9 Å². The Morgan fingerprint density at radius 3 is 2.95 bits per heavy atom. The number of nitrogen functional groups attached to an aromatic ring is 1. The molecule has 1 aliphatic carbocycles. The van der Waals surface area contributed by atoms with Crippen LogP contribution in [0.5, 0.6) is 0 Å². The Labute approximate surface area is 131 Å². The molecule has 1 heterocycles. The molecule has 114 valence electrons. The molecule has 22 heavy (non-hydrogen) atoms. The van der Waals surface area contributed by atoms with Crippen LogP contribution in [0.15, 0.2) is 29.6 Å². The first-order valence-corrected chi connectivity index (χ1v) is 7.84. The number of rotatable bonds is 3. The molecule has 0 spiro atoms. The molecule has 0 aliphatic heterocycles. The van der Waals surface area contributed by atoms with Crippen LogP contribution in [0.4, 0.5) is 10.7 Å². The zero-order chi connectivity index (χ0) is 15.7. The molecule has 3 N–H and O–H groups in total. The van der Waals surface area contributed by atoms with Crippen molar-refractivity contribution in [3.63, 3.8) is 0 Å². The molecule has 0 fully saturated rings. The smallest absolute Gasteiger partial charge is 0.324 e. The fraction of sp³-hybridized carbons (Fsp3) is 0.267. The third-order valence-corrected chi connectivity index (χ3v) is 4.69. The first kappa shape index (κ1) is 14.5. The van der Waals surface area contributed by atoms with Gasteiger partial charge in [0.25, 0.3) is 5.91 Å². The lowest BCUT2D eigenvalue weighted by Gasteiger charge is -2.26. The van der Waals surface area contributed by atoms with Crippen molar-refractivity contribution in [3.05, 3.63) is 56.5 Å². The standard InChI is InChI=1S/C15H15N3O3S/c16-11-4-5-12-9(6-11)2-1-3-13(12)17-15(19)10-7-14(18(20)21)22-8-10/h4-8,13H,1-3,16H2,(H,17,19). The Bertz CT molecular complexity index is 741. The molecule has 1 aliphatic rings. The van der Waals surface area contributed by atoms with Crippen LogP contribution in [-0.2, 0) is 6.42 Å². The summed E-state index contributed by atoms with van der Waals surface area (Å²) in [6.45, 7) is 0. The van der Waals surface area contributed by atoms with E-state index in [2.05, 4.69) is 5.32 Å². The SMILES string of the molecule is Nc1ccc2c(c1)CCCC2NC(=O)c1csc([N+](=O)[O-])c1. The number of hydrogen-bond acceptors (Lipinski definition) is 5.